The minimum atomic E-state index is -0.281. The second-order valence-corrected chi connectivity index (χ2v) is 9.03. The zero-order valence-corrected chi connectivity index (χ0v) is 18.7. The molecule has 1 saturated heterocycles. The van der Waals surface area contributed by atoms with E-state index in [1.165, 1.54) is 13.3 Å². The molecule has 2 amide bonds. The van der Waals surface area contributed by atoms with E-state index in [0.717, 1.165) is 17.0 Å². The van der Waals surface area contributed by atoms with Gasteiger partial charge in [-0.25, -0.2) is 0 Å². The van der Waals surface area contributed by atoms with Gasteiger partial charge in [0, 0.05) is 5.02 Å². The van der Waals surface area contributed by atoms with Crippen LogP contribution in [-0.2, 0) is 16.2 Å². The maximum absolute atomic E-state index is 12.8. The molecule has 0 spiro atoms. The SMILES string of the molecule is COc1cc(C=NN2C(=O)[C@@H]3[C@H](C2=O)[C@H]2C=C[C@H]3C2)cc(Cl)c1OCc1ccc(Cl)cc1. The van der Waals surface area contributed by atoms with E-state index in [0.29, 0.717) is 27.1 Å². The summed E-state index contributed by atoms with van der Waals surface area (Å²) in [6.07, 6.45) is 6.44. The fraction of sp³-hybridized carbons (Fsp3) is 0.292. The van der Waals surface area contributed by atoms with Gasteiger partial charge in [-0.3, -0.25) is 9.59 Å². The normalized spacial score (nSPS) is 25.8. The summed E-state index contributed by atoms with van der Waals surface area (Å²) in [6.45, 7) is 0.288. The van der Waals surface area contributed by atoms with Gasteiger partial charge in [-0.05, 0) is 53.6 Å². The van der Waals surface area contributed by atoms with Gasteiger partial charge in [0.1, 0.15) is 6.61 Å². The van der Waals surface area contributed by atoms with Crippen LogP contribution in [0, 0.1) is 23.7 Å². The standard InChI is InChI=1S/C24H20Cl2N2O4/c1-31-19-9-14(8-18(26)22(19)32-12-13-2-6-17(25)7-3-13)11-27-28-23(29)20-15-4-5-16(10-15)21(20)24(28)30/h2-9,11,15-16,20-21H,10,12H2,1H3/t15-,16-,20-,21+/m0/s1. The summed E-state index contributed by atoms with van der Waals surface area (Å²) in [7, 11) is 1.51. The summed E-state index contributed by atoms with van der Waals surface area (Å²) < 4.78 is 11.3. The lowest BCUT2D eigenvalue weighted by Crippen LogP contribution is -2.28. The highest BCUT2D eigenvalue weighted by atomic mass is 35.5. The second kappa shape index (κ2) is 8.26. The molecule has 2 aliphatic carbocycles. The molecule has 2 fully saturated rings. The predicted molar refractivity (Wildman–Crippen MR) is 121 cm³/mol. The Morgan fingerprint density at radius 2 is 1.72 bits per heavy atom. The molecule has 0 N–H and O–H groups in total. The number of nitrogens with zero attached hydrogens (tertiary/aromatic N) is 2. The van der Waals surface area contributed by atoms with Crippen molar-refractivity contribution in [3.8, 4) is 11.5 Å². The third kappa shape index (κ3) is 3.57. The number of amides is 2. The molecule has 0 aromatic heterocycles. The van der Waals surface area contributed by atoms with Crippen molar-refractivity contribution in [2.24, 2.45) is 28.8 Å². The van der Waals surface area contributed by atoms with Gasteiger partial charge in [0.15, 0.2) is 11.5 Å². The fourth-order valence-corrected chi connectivity index (χ4v) is 5.21. The third-order valence-electron chi connectivity index (χ3n) is 6.32. The molecule has 8 heteroatoms. The van der Waals surface area contributed by atoms with Crippen LogP contribution in [0.2, 0.25) is 10.0 Å². The number of carbonyl (C=O) groups is 2. The van der Waals surface area contributed by atoms with Crippen molar-refractivity contribution < 1.29 is 19.1 Å². The van der Waals surface area contributed by atoms with Gasteiger partial charge in [0.05, 0.1) is 30.2 Å². The van der Waals surface area contributed by atoms with Crippen LogP contribution in [0.1, 0.15) is 17.5 Å². The van der Waals surface area contributed by atoms with E-state index in [2.05, 4.69) is 17.3 Å². The Labute approximate surface area is 195 Å². The number of hydrogen-bond donors (Lipinski definition) is 0. The van der Waals surface area contributed by atoms with Crippen LogP contribution >= 0.6 is 23.2 Å². The molecule has 1 saturated carbocycles. The average molecular weight is 471 g/mol. The molecule has 6 nitrogen and oxygen atoms in total. The zero-order chi connectivity index (χ0) is 22.4. The Morgan fingerprint density at radius 1 is 1.06 bits per heavy atom. The molecule has 164 valence electrons. The molecule has 2 aromatic rings. The molecule has 5 rings (SSSR count). The number of hydrogen-bond acceptors (Lipinski definition) is 5. The topological polar surface area (TPSA) is 68.2 Å². The molecule has 2 bridgehead atoms. The number of rotatable bonds is 6. The highest BCUT2D eigenvalue weighted by Crippen LogP contribution is 2.52. The number of halogens is 2. The number of carbonyl (C=O) groups excluding carboxylic acids is 2. The van der Waals surface area contributed by atoms with E-state index in [9.17, 15) is 9.59 Å². The zero-order valence-electron chi connectivity index (χ0n) is 17.2. The smallest absolute Gasteiger partial charge is 0.254 e. The molecule has 32 heavy (non-hydrogen) atoms. The van der Waals surface area contributed by atoms with Crippen LogP contribution in [-0.4, -0.2) is 30.1 Å². The first-order valence-electron chi connectivity index (χ1n) is 10.3. The van der Waals surface area contributed by atoms with Crippen LogP contribution in [0.25, 0.3) is 0 Å². The van der Waals surface area contributed by atoms with Gasteiger partial charge < -0.3 is 9.47 Å². The number of fused-ring (bicyclic) bond motifs is 5. The van der Waals surface area contributed by atoms with Crippen LogP contribution in [0.3, 0.4) is 0 Å². The van der Waals surface area contributed by atoms with Crippen molar-refractivity contribution in [2.45, 2.75) is 13.0 Å². The predicted octanol–water partition coefficient (Wildman–Crippen LogP) is 4.72. The summed E-state index contributed by atoms with van der Waals surface area (Å²) in [6, 6.07) is 10.7. The van der Waals surface area contributed by atoms with E-state index in [4.69, 9.17) is 32.7 Å². The minimum Gasteiger partial charge on any atom is -0.493 e. The molecule has 1 aliphatic heterocycles. The number of benzene rings is 2. The Hall–Kier alpha value is -2.83. The van der Waals surface area contributed by atoms with Crippen LogP contribution in [0.5, 0.6) is 11.5 Å². The lowest BCUT2D eigenvalue weighted by Gasteiger charge is -2.14. The summed E-state index contributed by atoms with van der Waals surface area (Å²) in [4.78, 5) is 25.5. The van der Waals surface area contributed by atoms with Crippen molar-refractivity contribution in [1.29, 1.82) is 0 Å². The molecular formula is C24H20Cl2N2O4. The molecular weight excluding hydrogens is 451 g/mol. The van der Waals surface area contributed by atoms with Gasteiger partial charge in [-0.2, -0.15) is 10.1 Å². The Kier molecular flexibility index (Phi) is 5.43. The second-order valence-electron chi connectivity index (χ2n) is 8.18. The Morgan fingerprint density at radius 3 is 2.34 bits per heavy atom. The van der Waals surface area contributed by atoms with Gasteiger partial charge in [-0.15, -0.1) is 0 Å². The summed E-state index contributed by atoms with van der Waals surface area (Å²) >= 11 is 12.4. The summed E-state index contributed by atoms with van der Waals surface area (Å²) in [5, 5.41) is 6.18. The summed E-state index contributed by atoms with van der Waals surface area (Å²) in [5.41, 5.74) is 1.52. The third-order valence-corrected chi connectivity index (χ3v) is 6.85. The van der Waals surface area contributed by atoms with Crippen LogP contribution in [0.4, 0.5) is 0 Å². The summed E-state index contributed by atoms with van der Waals surface area (Å²) in [5.74, 6) is 0.0930. The van der Waals surface area contributed by atoms with E-state index in [1.807, 2.05) is 12.1 Å². The van der Waals surface area contributed by atoms with Gasteiger partial charge in [-0.1, -0.05) is 47.5 Å². The van der Waals surface area contributed by atoms with Gasteiger partial charge in [0.25, 0.3) is 11.8 Å². The quantitative estimate of drug-likeness (QED) is 0.347. The molecule has 2 aromatic carbocycles. The first-order valence-corrected chi connectivity index (χ1v) is 11.1. The van der Waals surface area contributed by atoms with Crippen LogP contribution in [0.15, 0.2) is 53.7 Å². The number of ether oxygens (including phenoxy) is 2. The van der Waals surface area contributed by atoms with Crippen LogP contribution < -0.4 is 9.47 Å². The fourth-order valence-electron chi connectivity index (χ4n) is 4.82. The molecule has 0 unspecified atom stereocenters. The van der Waals surface area contributed by atoms with Crippen molar-refractivity contribution in [3.63, 3.8) is 0 Å². The van der Waals surface area contributed by atoms with Gasteiger partial charge >= 0.3 is 0 Å². The molecule has 0 radical (unpaired) electrons. The van der Waals surface area contributed by atoms with Crippen molar-refractivity contribution in [2.75, 3.05) is 7.11 Å². The number of imide groups is 1. The lowest BCUT2D eigenvalue weighted by atomic mass is 9.85. The number of allylic oxidation sites excluding steroid dienone is 2. The van der Waals surface area contributed by atoms with E-state index in [1.54, 1.807) is 24.3 Å². The largest absolute Gasteiger partial charge is 0.493 e. The van der Waals surface area contributed by atoms with Gasteiger partial charge in [0.2, 0.25) is 0 Å². The van der Waals surface area contributed by atoms with Crippen molar-refractivity contribution >= 4 is 41.2 Å². The average Bonchev–Trinajstić information content (AvgIpc) is 3.46. The molecule has 3 aliphatic rings. The number of methoxy groups -OCH3 is 1. The van der Waals surface area contributed by atoms with E-state index in [-0.39, 0.29) is 42.1 Å². The molecule has 1 heterocycles. The maximum Gasteiger partial charge on any atom is 0.254 e. The first-order chi connectivity index (χ1) is 15.5. The van der Waals surface area contributed by atoms with Crippen molar-refractivity contribution in [3.05, 3.63) is 69.7 Å². The highest BCUT2D eigenvalue weighted by Gasteiger charge is 2.59. The lowest BCUT2D eigenvalue weighted by molar-refractivity contribution is -0.140. The number of hydrazone groups is 1. The minimum absolute atomic E-state index is 0.147. The maximum atomic E-state index is 12.8. The Bertz CT molecular complexity index is 1120. The van der Waals surface area contributed by atoms with Crippen molar-refractivity contribution in [1.82, 2.24) is 5.01 Å². The molecule has 4 atom stereocenters. The monoisotopic (exact) mass is 470 g/mol. The Balaban J connectivity index is 1.33. The highest BCUT2D eigenvalue weighted by molar-refractivity contribution is 6.32. The van der Waals surface area contributed by atoms with E-state index >= 15 is 0 Å². The van der Waals surface area contributed by atoms with E-state index < -0.39 is 0 Å². The first kappa shape index (κ1) is 21.0.